The molecule has 1 atom stereocenters. The molecule has 0 aliphatic heterocycles. The van der Waals surface area contributed by atoms with E-state index in [0.717, 1.165) is 16.6 Å². The fraction of sp³-hybridized carbons (Fsp3) is 0.571. The molecule has 0 aliphatic carbocycles. The van der Waals surface area contributed by atoms with Crippen molar-refractivity contribution in [3.63, 3.8) is 0 Å². The number of hydrogen-bond acceptors (Lipinski definition) is 1. The Bertz CT molecular complexity index is 350. The van der Waals surface area contributed by atoms with Crippen molar-refractivity contribution in [3.8, 4) is 0 Å². The third-order valence-corrected chi connectivity index (χ3v) is 4.12. The first kappa shape index (κ1) is 14.7. The molecule has 17 heavy (non-hydrogen) atoms. The summed E-state index contributed by atoms with van der Waals surface area (Å²) < 4.78 is 13.8. The van der Waals surface area contributed by atoms with E-state index >= 15 is 0 Å². The van der Waals surface area contributed by atoms with Crippen LogP contribution < -0.4 is 5.32 Å². The van der Waals surface area contributed by atoms with Gasteiger partial charge in [-0.2, -0.15) is 0 Å². The molecule has 1 N–H and O–H groups in total. The quantitative estimate of drug-likeness (QED) is 0.815. The lowest BCUT2D eigenvalue weighted by atomic mass is 9.95. The van der Waals surface area contributed by atoms with Gasteiger partial charge in [-0.3, -0.25) is 0 Å². The summed E-state index contributed by atoms with van der Waals surface area (Å²) >= 11 is 3.39. The van der Waals surface area contributed by atoms with Gasteiger partial charge in [0.15, 0.2) is 0 Å². The molecular formula is C14H21BrFN. The first-order valence-electron chi connectivity index (χ1n) is 6.25. The molecule has 0 aromatic heterocycles. The van der Waals surface area contributed by atoms with Crippen LogP contribution in [0.25, 0.3) is 0 Å². The minimum absolute atomic E-state index is 0.200. The Morgan fingerprint density at radius 2 is 1.94 bits per heavy atom. The molecule has 1 unspecified atom stereocenters. The Labute approximate surface area is 112 Å². The maximum atomic E-state index is 12.9. The van der Waals surface area contributed by atoms with Crippen molar-refractivity contribution in [2.75, 3.05) is 0 Å². The molecule has 0 aliphatic rings. The molecule has 0 saturated heterocycles. The molecule has 0 amide bonds. The molecule has 0 fully saturated rings. The smallest absolute Gasteiger partial charge is 0.124 e. The number of rotatable bonds is 6. The molecule has 0 saturated carbocycles. The SMILES string of the molecule is CCC(CC)C(C)NCc1ccc(F)cc1Br. The third kappa shape index (κ3) is 4.40. The summed E-state index contributed by atoms with van der Waals surface area (Å²) in [4.78, 5) is 0. The summed E-state index contributed by atoms with van der Waals surface area (Å²) in [6.07, 6.45) is 2.38. The highest BCUT2D eigenvalue weighted by atomic mass is 79.9. The topological polar surface area (TPSA) is 12.0 Å². The molecule has 0 bridgehead atoms. The van der Waals surface area contributed by atoms with Crippen LogP contribution in [0.1, 0.15) is 39.2 Å². The van der Waals surface area contributed by atoms with Gasteiger partial charge < -0.3 is 5.32 Å². The van der Waals surface area contributed by atoms with Gasteiger partial charge in [0.2, 0.25) is 0 Å². The molecule has 3 heteroatoms. The van der Waals surface area contributed by atoms with Crippen molar-refractivity contribution >= 4 is 15.9 Å². The summed E-state index contributed by atoms with van der Waals surface area (Å²) in [7, 11) is 0. The molecule has 1 nitrogen and oxygen atoms in total. The van der Waals surface area contributed by atoms with E-state index in [4.69, 9.17) is 0 Å². The average molecular weight is 302 g/mol. The minimum atomic E-state index is -0.200. The number of benzene rings is 1. The summed E-state index contributed by atoms with van der Waals surface area (Å²) in [5.74, 6) is 0.503. The Kier molecular flexibility index (Phi) is 6.14. The molecule has 1 aromatic carbocycles. The van der Waals surface area contributed by atoms with Gasteiger partial charge in [0.25, 0.3) is 0 Å². The van der Waals surface area contributed by atoms with Crippen LogP contribution in [0.3, 0.4) is 0 Å². The van der Waals surface area contributed by atoms with Gasteiger partial charge in [0, 0.05) is 17.1 Å². The largest absolute Gasteiger partial charge is 0.310 e. The van der Waals surface area contributed by atoms with E-state index in [0.29, 0.717) is 12.0 Å². The summed E-state index contributed by atoms with van der Waals surface area (Å²) in [6, 6.07) is 5.33. The van der Waals surface area contributed by atoms with Gasteiger partial charge in [-0.1, -0.05) is 48.7 Å². The van der Waals surface area contributed by atoms with Crippen molar-refractivity contribution in [1.82, 2.24) is 5.32 Å². The van der Waals surface area contributed by atoms with Crippen molar-refractivity contribution in [2.45, 2.75) is 46.2 Å². The Balaban J connectivity index is 2.55. The monoisotopic (exact) mass is 301 g/mol. The van der Waals surface area contributed by atoms with Crippen LogP contribution in [0.2, 0.25) is 0 Å². The van der Waals surface area contributed by atoms with Crippen molar-refractivity contribution < 1.29 is 4.39 Å². The zero-order valence-corrected chi connectivity index (χ0v) is 12.3. The number of nitrogens with one attached hydrogen (secondary N) is 1. The highest BCUT2D eigenvalue weighted by molar-refractivity contribution is 9.10. The van der Waals surface area contributed by atoms with Gasteiger partial charge in [0.1, 0.15) is 5.82 Å². The minimum Gasteiger partial charge on any atom is -0.310 e. The molecule has 96 valence electrons. The van der Waals surface area contributed by atoms with E-state index < -0.39 is 0 Å². The Morgan fingerprint density at radius 3 is 2.47 bits per heavy atom. The highest BCUT2D eigenvalue weighted by Crippen LogP contribution is 2.19. The maximum Gasteiger partial charge on any atom is 0.124 e. The lowest BCUT2D eigenvalue weighted by molar-refractivity contribution is 0.353. The molecule has 0 spiro atoms. The normalized spacial score (nSPS) is 13.1. The predicted molar refractivity (Wildman–Crippen MR) is 74.5 cm³/mol. The highest BCUT2D eigenvalue weighted by Gasteiger charge is 2.13. The predicted octanol–water partition coefficient (Wildman–Crippen LogP) is 4.50. The standard InChI is InChI=1S/C14H21BrFN/c1-4-11(5-2)10(3)17-9-12-6-7-13(16)8-14(12)15/h6-8,10-11,17H,4-5,9H2,1-3H3. The van der Waals surface area contributed by atoms with Gasteiger partial charge in [-0.25, -0.2) is 4.39 Å². The second-order valence-corrected chi connectivity index (χ2v) is 5.34. The van der Waals surface area contributed by atoms with Gasteiger partial charge >= 0.3 is 0 Å². The Morgan fingerprint density at radius 1 is 1.29 bits per heavy atom. The molecule has 1 rings (SSSR count). The van der Waals surface area contributed by atoms with E-state index in [-0.39, 0.29) is 5.82 Å². The zero-order chi connectivity index (χ0) is 12.8. The fourth-order valence-corrected chi connectivity index (χ4v) is 2.59. The summed E-state index contributed by atoms with van der Waals surface area (Å²) in [6.45, 7) is 7.44. The van der Waals surface area contributed by atoms with E-state index in [1.54, 1.807) is 0 Å². The fourth-order valence-electron chi connectivity index (χ4n) is 2.10. The third-order valence-electron chi connectivity index (χ3n) is 3.39. The van der Waals surface area contributed by atoms with E-state index in [1.165, 1.54) is 25.0 Å². The lowest BCUT2D eigenvalue weighted by Gasteiger charge is -2.22. The van der Waals surface area contributed by atoms with Gasteiger partial charge in [0.05, 0.1) is 0 Å². The number of halogens is 2. The van der Waals surface area contributed by atoms with Crippen molar-refractivity contribution in [1.29, 1.82) is 0 Å². The summed E-state index contributed by atoms with van der Waals surface area (Å²) in [5.41, 5.74) is 1.10. The van der Waals surface area contributed by atoms with Crippen LogP contribution in [0.4, 0.5) is 4.39 Å². The first-order chi connectivity index (χ1) is 8.08. The molecule has 0 radical (unpaired) electrons. The molecule has 1 aromatic rings. The van der Waals surface area contributed by atoms with E-state index in [2.05, 4.69) is 42.0 Å². The van der Waals surface area contributed by atoms with Gasteiger partial charge in [-0.05, 0) is 30.5 Å². The van der Waals surface area contributed by atoms with E-state index in [1.807, 2.05) is 6.07 Å². The zero-order valence-electron chi connectivity index (χ0n) is 10.8. The number of hydrogen-bond donors (Lipinski definition) is 1. The van der Waals surface area contributed by atoms with Crippen molar-refractivity contribution in [3.05, 3.63) is 34.1 Å². The second kappa shape index (κ2) is 7.12. The first-order valence-corrected chi connectivity index (χ1v) is 7.05. The van der Waals surface area contributed by atoms with Crippen molar-refractivity contribution in [2.24, 2.45) is 5.92 Å². The Hall–Kier alpha value is -0.410. The average Bonchev–Trinajstić information content (AvgIpc) is 2.29. The van der Waals surface area contributed by atoms with Crippen LogP contribution >= 0.6 is 15.9 Å². The van der Waals surface area contributed by atoms with Crippen LogP contribution in [0.15, 0.2) is 22.7 Å². The molecular weight excluding hydrogens is 281 g/mol. The van der Waals surface area contributed by atoms with Gasteiger partial charge in [-0.15, -0.1) is 0 Å². The van der Waals surface area contributed by atoms with Crippen LogP contribution in [0.5, 0.6) is 0 Å². The second-order valence-electron chi connectivity index (χ2n) is 4.48. The van der Waals surface area contributed by atoms with Crippen LogP contribution in [0, 0.1) is 11.7 Å². The maximum absolute atomic E-state index is 12.9. The van der Waals surface area contributed by atoms with Crippen LogP contribution in [-0.4, -0.2) is 6.04 Å². The van der Waals surface area contributed by atoms with Crippen LogP contribution in [-0.2, 0) is 6.54 Å². The lowest BCUT2D eigenvalue weighted by Crippen LogP contribution is -2.32. The summed E-state index contributed by atoms with van der Waals surface area (Å²) in [5, 5.41) is 3.51. The van der Waals surface area contributed by atoms with E-state index in [9.17, 15) is 4.39 Å². The molecule has 0 heterocycles.